The van der Waals surface area contributed by atoms with Gasteiger partial charge in [-0.3, -0.25) is 0 Å². The minimum atomic E-state index is 0.632. The molecule has 0 fully saturated rings. The van der Waals surface area contributed by atoms with Crippen molar-refractivity contribution in [3.63, 3.8) is 0 Å². The van der Waals surface area contributed by atoms with E-state index in [1.807, 2.05) is 25.1 Å². The number of hydrogen-bond donors (Lipinski definition) is 2. The van der Waals surface area contributed by atoms with E-state index in [0.717, 1.165) is 35.9 Å². The summed E-state index contributed by atoms with van der Waals surface area (Å²) in [6, 6.07) is 14.4. The lowest BCUT2D eigenvalue weighted by Gasteiger charge is -2.15. The van der Waals surface area contributed by atoms with Crippen molar-refractivity contribution in [3.8, 4) is 5.75 Å². The third-order valence-corrected chi connectivity index (χ3v) is 4.62. The maximum absolute atomic E-state index is 5.28. The predicted octanol–water partition coefficient (Wildman–Crippen LogP) is 5.12. The van der Waals surface area contributed by atoms with Gasteiger partial charge in [0.2, 0.25) is 5.95 Å². The first-order valence-electron chi connectivity index (χ1n) is 9.52. The lowest BCUT2D eigenvalue weighted by Crippen LogP contribution is -2.10. The van der Waals surface area contributed by atoms with Gasteiger partial charge in [0.05, 0.1) is 7.11 Å². The van der Waals surface area contributed by atoms with Crippen LogP contribution in [-0.4, -0.2) is 23.6 Å². The van der Waals surface area contributed by atoms with Gasteiger partial charge in [0.1, 0.15) is 11.6 Å². The van der Waals surface area contributed by atoms with Crippen molar-refractivity contribution in [2.45, 2.75) is 34.1 Å². The number of nitrogens with one attached hydrogen (secondary N) is 2. The summed E-state index contributed by atoms with van der Waals surface area (Å²) in [5, 5.41) is 6.80. The molecule has 146 valence electrons. The summed E-state index contributed by atoms with van der Waals surface area (Å²) in [7, 11) is 1.68. The molecule has 5 nitrogen and oxygen atoms in total. The van der Waals surface area contributed by atoms with Crippen LogP contribution in [0, 0.1) is 27.7 Å². The minimum absolute atomic E-state index is 0.632. The average Bonchev–Trinajstić information content (AvgIpc) is 2.64. The van der Waals surface area contributed by atoms with Gasteiger partial charge in [-0.15, -0.1) is 0 Å². The Balaban J connectivity index is 1.69. The van der Waals surface area contributed by atoms with Gasteiger partial charge in [0.25, 0.3) is 0 Å². The Morgan fingerprint density at radius 1 is 0.929 bits per heavy atom. The molecule has 2 aromatic carbocycles. The number of aryl methyl sites for hydroxylation is 4. The van der Waals surface area contributed by atoms with Gasteiger partial charge in [0.15, 0.2) is 0 Å². The normalized spacial score (nSPS) is 10.6. The third kappa shape index (κ3) is 5.00. The first kappa shape index (κ1) is 19.7. The second-order valence-corrected chi connectivity index (χ2v) is 7.15. The average molecular weight is 377 g/mol. The van der Waals surface area contributed by atoms with E-state index in [0.29, 0.717) is 5.95 Å². The van der Waals surface area contributed by atoms with Crippen molar-refractivity contribution in [2.24, 2.45) is 0 Å². The highest BCUT2D eigenvalue weighted by molar-refractivity contribution is 5.66. The van der Waals surface area contributed by atoms with Crippen molar-refractivity contribution >= 4 is 17.5 Å². The summed E-state index contributed by atoms with van der Waals surface area (Å²) in [6.45, 7) is 9.07. The Bertz CT molecular complexity index is 946. The van der Waals surface area contributed by atoms with Crippen molar-refractivity contribution in [3.05, 3.63) is 70.4 Å². The van der Waals surface area contributed by atoms with Crippen LogP contribution < -0.4 is 15.4 Å². The van der Waals surface area contributed by atoms with Crippen LogP contribution in [0.2, 0.25) is 0 Å². The van der Waals surface area contributed by atoms with Gasteiger partial charge in [-0.2, -0.15) is 4.98 Å². The van der Waals surface area contributed by atoms with Crippen molar-refractivity contribution in [2.75, 3.05) is 24.3 Å². The molecule has 0 radical (unpaired) electrons. The highest BCUT2D eigenvalue weighted by Gasteiger charge is 2.08. The summed E-state index contributed by atoms with van der Waals surface area (Å²) in [5.41, 5.74) is 6.92. The topological polar surface area (TPSA) is 59.1 Å². The van der Waals surface area contributed by atoms with E-state index in [9.17, 15) is 0 Å². The molecule has 3 rings (SSSR count). The zero-order chi connectivity index (χ0) is 20.1. The molecule has 0 saturated heterocycles. The Morgan fingerprint density at radius 2 is 1.68 bits per heavy atom. The number of anilines is 3. The molecule has 1 heterocycles. The van der Waals surface area contributed by atoms with Crippen LogP contribution in [-0.2, 0) is 6.42 Å². The van der Waals surface area contributed by atoms with Gasteiger partial charge in [-0.1, -0.05) is 29.8 Å². The molecular formula is C23H28N4O. The second kappa shape index (κ2) is 8.74. The predicted molar refractivity (Wildman–Crippen MR) is 116 cm³/mol. The molecule has 0 unspecified atom stereocenters. The molecule has 0 spiro atoms. The molecule has 0 amide bonds. The first-order chi connectivity index (χ1) is 13.4. The molecule has 0 saturated carbocycles. The summed E-state index contributed by atoms with van der Waals surface area (Å²) >= 11 is 0. The van der Waals surface area contributed by atoms with Crippen LogP contribution in [0.4, 0.5) is 17.5 Å². The Labute approximate surface area is 167 Å². The lowest BCUT2D eigenvalue weighted by atomic mass is 10.1. The zero-order valence-corrected chi connectivity index (χ0v) is 17.3. The van der Waals surface area contributed by atoms with Gasteiger partial charge in [-0.05, 0) is 62.9 Å². The van der Waals surface area contributed by atoms with Crippen molar-refractivity contribution in [1.82, 2.24) is 9.97 Å². The maximum atomic E-state index is 5.28. The fraction of sp³-hybridized carbons (Fsp3) is 0.304. The molecule has 0 aliphatic heterocycles. The Hall–Kier alpha value is -3.08. The number of hydrogen-bond acceptors (Lipinski definition) is 5. The van der Waals surface area contributed by atoms with Gasteiger partial charge >= 0.3 is 0 Å². The van der Waals surface area contributed by atoms with Crippen LogP contribution in [0.15, 0.2) is 42.5 Å². The van der Waals surface area contributed by atoms with Crippen LogP contribution in [0.5, 0.6) is 5.75 Å². The maximum Gasteiger partial charge on any atom is 0.224 e. The minimum Gasteiger partial charge on any atom is -0.497 e. The number of ether oxygens (including phenoxy) is 1. The van der Waals surface area contributed by atoms with Crippen molar-refractivity contribution in [1.29, 1.82) is 0 Å². The van der Waals surface area contributed by atoms with E-state index >= 15 is 0 Å². The highest BCUT2D eigenvalue weighted by Crippen LogP contribution is 2.25. The number of benzene rings is 2. The van der Waals surface area contributed by atoms with E-state index in [1.54, 1.807) is 7.11 Å². The SMILES string of the molecule is COc1cccc(CCNc2nc(C)cc(Nc3c(C)cc(C)cc3C)n2)c1. The molecule has 28 heavy (non-hydrogen) atoms. The van der Waals surface area contributed by atoms with Crippen LogP contribution in [0.1, 0.15) is 27.9 Å². The van der Waals surface area contributed by atoms with Crippen LogP contribution >= 0.6 is 0 Å². The third-order valence-electron chi connectivity index (χ3n) is 4.62. The number of rotatable bonds is 7. The molecule has 0 atom stereocenters. The van der Waals surface area contributed by atoms with Gasteiger partial charge in [0, 0.05) is 24.0 Å². The second-order valence-electron chi connectivity index (χ2n) is 7.15. The fourth-order valence-corrected chi connectivity index (χ4v) is 3.36. The Morgan fingerprint density at radius 3 is 2.39 bits per heavy atom. The number of aromatic nitrogens is 2. The summed E-state index contributed by atoms with van der Waals surface area (Å²) in [6.07, 6.45) is 0.868. The molecule has 5 heteroatoms. The smallest absolute Gasteiger partial charge is 0.224 e. The molecule has 3 aromatic rings. The van der Waals surface area contributed by atoms with E-state index in [2.05, 4.69) is 65.6 Å². The summed E-state index contributed by atoms with van der Waals surface area (Å²) in [4.78, 5) is 9.15. The molecule has 0 aliphatic rings. The summed E-state index contributed by atoms with van der Waals surface area (Å²) < 4.78 is 5.28. The molecule has 0 bridgehead atoms. The van der Waals surface area contributed by atoms with Crippen molar-refractivity contribution < 1.29 is 4.74 Å². The molecule has 0 aliphatic carbocycles. The van der Waals surface area contributed by atoms with E-state index < -0.39 is 0 Å². The monoisotopic (exact) mass is 376 g/mol. The van der Waals surface area contributed by atoms with Crippen LogP contribution in [0.3, 0.4) is 0 Å². The quantitative estimate of drug-likeness (QED) is 0.599. The Kier molecular flexibility index (Phi) is 6.14. The van der Waals surface area contributed by atoms with Gasteiger partial charge < -0.3 is 15.4 Å². The largest absolute Gasteiger partial charge is 0.497 e. The standard InChI is InChI=1S/C23H28N4O/c1-15-11-16(2)22(17(3)12-15)26-21-13-18(4)25-23(27-21)24-10-9-19-7-6-8-20(14-19)28-5/h6-8,11-14H,9-10H2,1-5H3,(H2,24,25,26,27). The number of methoxy groups -OCH3 is 1. The summed E-state index contributed by atoms with van der Waals surface area (Å²) in [5.74, 6) is 2.30. The van der Waals surface area contributed by atoms with E-state index in [1.165, 1.54) is 22.3 Å². The molecule has 2 N–H and O–H groups in total. The lowest BCUT2D eigenvalue weighted by molar-refractivity contribution is 0.414. The van der Waals surface area contributed by atoms with E-state index in [4.69, 9.17) is 4.74 Å². The first-order valence-corrected chi connectivity index (χ1v) is 9.52. The molecular weight excluding hydrogens is 348 g/mol. The highest BCUT2D eigenvalue weighted by atomic mass is 16.5. The van der Waals surface area contributed by atoms with E-state index in [-0.39, 0.29) is 0 Å². The fourth-order valence-electron chi connectivity index (χ4n) is 3.36. The van der Waals surface area contributed by atoms with Crippen LogP contribution in [0.25, 0.3) is 0 Å². The number of nitrogens with zero attached hydrogens (tertiary/aromatic N) is 2. The van der Waals surface area contributed by atoms with Gasteiger partial charge in [-0.25, -0.2) is 4.98 Å². The zero-order valence-electron chi connectivity index (χ0n) is 17.3. The molecule has 1 aromatic heterocycles.